The number of amides is 1. The third kappa shape index (κ3) is 4.79. The van der Waals surface area contributed by atoms with Crippen molar-refractivity contribution in [3.8, 4) is 16.5 Å². The van der Waals surface area contributed by atoms with Crippen LogP contribution in [0.3, 0.4) is 0 Å². The first-order chi connectivity index (χ1) is 10.8. The first-order valence-electron chi connectivity index (χ1n) is 7.05. The highest BCUT2D eigenvalue weighted by Crippen LogP contribution is 2.32. The van der Waals surface area contributed by atoms with Gasteiger partial charge in [-0.3, -0.25) is 0 Å². The zero-order chi connectivity index (χ0) is 17.0. The van der Waals surface area contributed by atoms with Gasteiger partial charge in [-0.05, 0) is 27.7 Å². The van der Waals surface area contributed by atoms with Gasteiger partial charge < -0.3 is 9.84 Å². The monoisotopic (exact) mass is 333 g/mol. The maximum atomic E-state index is 11.6. The molecule has 0 radical (unpaired) electrons. The number of benzene rings is 1. The van der Waals surface area contributed by atoms with E-state index in [0.29, 0.717) is 15.6 Å². The average Bonchev–Trinajstić information content (AvgIpc) is 2.86. The molecule has 122 valence electrons. The number of nitrogens with one attached hydrogen (secondary N) is 1. The summed E-state index contributed by atoms with van der Waals surface area (Å²) in [5.41, 5.74) is 3.07. The lowest BCUT2D eigenvalue weighted by Gasteiger charge is -2.18. The number of thiazole rings is 1. The molecule has 2 N–H and O–H groups in total. The molecule has 1 heterocycles. The van der Waals surface area contributed by atoms with Crippen molar-refractivity contribution >= 4 is 23.1 Å². The van der Waals surface area contributed by atoms with E-state index in [2.05, 4.69) is 15.5 Å². The lowest BCUT2D eigenvalue weighted by molar-refractivity contribution is 0.0529. The molecular formula is C16H19N3O3S. The van der Waals surface area contributed by atoms with Gasteiger partial charge in [-0.2, -0.15) is 5.10 Å². The highest BCUT2D eigenvalue weighted by Gasteiger charge is 2.17. The minimum Gasteiger partial charge on any atom is -0.492 e. The van der Waals surface area contributed by atoms with Crippen LogP contribution in [0.5, 0.6) is 5.88 Å². The molecule has 0 fully saturated rings. The number of hydrazone groups is 1. The van der Waals surface area contributed by atoms with Crippen molar-refractivity contribution in [2.45, 2.75) is 33.3 Å². The van der Waals surface area contributed by atoms with Crippen LogP contribution in [0.4, 0.5) is 4.79 Å². The Hall–Kier alpha value is -2.41. The number of aromatic hydroxyl groups is 1. The fourth-order valence-corrected chi connectivity index (χ4v) is 2.64. The third-order valence-corrected chi connectivity index (χ3v) is 3.87. The van der Waals surface area contributed by atoms with Crippen molar-refractivity contribution < 1.29 is 14.6 Å². The molecule has 2 rings (SSSR count). The standard InChI is InChI=1S/C16H19N3O3S/c1-10(18-19-15(21)22-16(2,3)4)12-13(20)17-14(23-12)11-8-6-5-7-9-11/h5-9,20H,1-4H3,(H,19,21)/b18-10+. The van der Waals surface area contributed by atoms with Gasteiger partial charge >= 0.3 is 6.09 Å². The van der Waals surface area contributed by atoms with Crippen LogP contribution in [0.1, 0.15) is 32.6 Å². The zero-order valence-corrected chi connectivity index (χ0v) is 14.3. The number of hydrogen-bond acceptors (Lipinski definition) is 6. The Morgan fingerprint density at radius 1 is 1.30 bits per heavy atom. The van der Waals surface area contributed by atoms with Crippen molar-refractivity contribution in [2.24, 2.45) is 5.10 Å². The minimum atomic E-state index is -0.649. The van der Waals surface area contributed by atoms with Crippen molar-refractivity contribution in [3.63, 3.8) is 0 Å². The Balaban J connectivity index is 2.14. The fraction of sp³-hybridized carbons (Fsp3) is 0.312. The Labute approximate surface area is 138 Å². The molecule has 0 saturated heterocycles. The van der Waals surface area contributed by atoms with Gasteiger partial charge in [0.25, 0.3) is 0 Å². The lowest BCUT2D eigenvalue weighted by atomic mass is 10.2. The van der Waals surface area contributed by atoms with E-state index in [4.69, 9.17) is 4.74 Å². The van der Waals surface area contributed by atoms with E-state index in [-0.39, 0.29) is 5.88 Å². The number of ether oxygens (including phenoxy) is 1. The fourth-order valence-electron chi connectivity index (χ4n) is 1.73. The predicted octanol–water partition coefficient (Wildman–Crippen LogP) is 3.76. The molecule has 2 aromatic rings. The van der Waals surface area contributed by atoms with Crippen LogP contribution < -0.4 is 5.43 Å². The number of nitrogens with zero attached hydrogens (tertiary/aromatic N) is 2. The summed E-state index contributed by atoms with van der Waals surface area (Å²) in [4.78, 5) is 16.2. The van der Waals surface area contributed by atoms with Crippen LogP contribution in [-0.2, 0) is 4.74 Å². The highest BCUT2D eigenvalue weighted by atomic mass is 32.1. The molecule has 0 aliphatic rings. The smallest absolute Gasteiger partial charge is 0.428 e. The summed E-state index contributed by atoms with van der Waals surface area (Å²) in [6, 6.07) is 9.53. The van der Waals surface area contributed by atoms with Crippen LogP contribution in [-0.4, -0.2) is 27.5 Å². The van der Waals surface area contributed by atoms with Gasteiger partial charge in [-0.25, -0.2) is 15.2 Å². The van der Waals surface area contributed by atoms with Crippen LogP contribution in [0.2, 0.25) is 0 Å². The second-order valence-corrected chi connectivity index (χ2v) is 6.85. The second kappa shape index (κ2) is 6.78. The maximum Gasteiger partial charge on any atom is 0.428 e. The van der Waals surface area contributed by atoms with Crippen molar-refractivity contribution in [2.75, 3.05) is 0 Å². The van der Waals surface area contributed by atoms with E-state index in [0.717, 1.165) is 5.56 Å². The molecular weight excluding hydrogens is 314 g/mol. The molecule has 1 aromatic carbocycles. The maximum absolute atomic E-state index is 11.6. The molecule has 0 spiro atoms. The van der Waals surface area contributed by atoms with E-state index in [9.17, 15) is 9.90 Å². The topological polar surface area (TPSA) is 83.8 Å². The summed E-state index contributed by atoms with van der Waals surface area (Å²) >= 11 is 1.30. The van der Waals surface area contributed by atoms with E-state index < -0.39 is 11.7 Å². The van der Waals surface area contributed by atoms with Crippen molar-refractivity contribution in [1.29, 1.82) is 0 Å². The lowest BCUT2D eigenvalue weighted by Crippen LogP contribution is -2.30. The van der Waals surface area contributed by atoms with Gasteiger partial charge in [0, 0.05) is 5.56 Å². The SMILES string of the molecule is C/C(=N\NC(=O)OC(C)(C)C)c1sc(-c2ccccc2)nc1O. The highest BCUT2D eigenvalue weighted by molar-refractivity contribution is 7.17. The number of aromatic nitrogens is 1. The summed E-state index contributed by atoms with van der Waals surface area (Å²) in [7, 11) is 0. The van der Waals surface area contributed by atoms with E-state index in [1.807, 2.05) is 30.3 Å². The van der Waals surface area contributed by atoms with Gasteiger partial charge in [0.1, 0.15) is 15.5 Å². The van der Waals surface area contributed by atoms with Crippen molar-refractivity contribution in [1.82, 2.24) is 10.4 Å². The normalized spacial score (nSPS) is 12.1. The molecule has 0 saturated carbocycles. The molecule has 0 aliphatic carbocycles. The first kappa shape index (κ1) is 17.0. The Morgan fingerprint density at radius 2 is 1.96 bits per heavy atom. The van der Waals surface area contributed by atoms with E-state index in [1.54, 1.807) is 27.7 Å². The van der Waals surface area contributed by atoms with Crippen LogP contribution >= 0.6 is 11.3 Å². The average molecular weight is 333 g/mol. The summed E-state index contributed by atoms with van der Waals surface area (Å²) in [6.07, 6.45) is -0.649. The first-order valence-corrected chi connectivity index (χ1v) is 7.87. The van der Waals surface area contributed by atoms with Gasteiger partial charge in [-0.1, -0.05) is 30.3 Å². The van der Waals surface area contributed by atoms with E-state index in [1.165, 1.54) is 11.3 Å². The Bertz CT molecular complexity index is 718. The summed E-state index contributed by atoms with van der Waals surface area (Å²) in [5.74, 6) is -0.110. The molecule has 1 aromatic heterocycles. The minimum absolute atomic E-state index is 0.110. The largest absolute Gasteiger partial charge is 0.492 e. The van der Waals surface area contributed by atoms with Gasteiger partial charge in [0.2, 0.25) is 5.88 Å². The molecule has 0 aliphatic heterocycles. The zero-order valence-electron chi connectivity index (χ0n) is 13.5. The summed E-state index contributed by atoms with van der Waals surface area (Å²) in [6.45, 7) is 6.98. The quantitative estimate of drug-likeness (QED) is 0.661. The van der Waals surface area contributed by atoms with Crippen LogP contribution in [0.15, 0.2) is 35.4 Å². The third-order valence-electron chi connectivity index (χ3n) is 2.67. The second-order valence-electron chi connectivity index (χ2n) is 5.85. The molecule has 1 amide bonds. The molecule has 23 heavy (non-hydrogen) atoms. The van der Waals surface area contributed by atoms with Crippen LogP contribution in [0, 0.1) is 0 Å². The van der Waals surface area contributed by atoms with Crippen LogP contribution in [0.25, 0.3) is 10.6 Å². The predicted molar refractivity (Wildman–Crippen MR) is 90.8 cm³/mol. The molecule has 7 heteroatoms. The summed E-state index contributed by atoms with van der Waals surface area (Å²) < 4.78 is 5.10. The van der Waals surface area contributed by atoms with Gasteiger partial charge in [-0.15, -0.1) is 11.3 Å². The number of carbonyl (C=O) groups excluding carboxylic acids is 1. The molecule has 0 atom stereocenters. The Kier molecular flexibility index (Phi) is 5.00. The van der Waals surface area contributed by atoms with Gasteiger partial charge in [0.15, 0.2) is 0 Å². The number of rotatable bonds is 3. The molecule has 6 nitrogen and oxygen atoms in total. The van der Waals surface area contributed by atoms with Crippen molar-refractivity contribution in [3.05, 3.63) is 35.2 Å². The molecule has 0 bridgehead atoms. The Morgan fingerprint density at radius 3 is 2.57 bits per heavy atom. The number of carbonyl (C=O) groups is 1. The summed E-state index contributed by atoms with van der Waals surface area (Å²) in [5, 5.41) is 14.6. The van der Waals surface area contributed by atoms with Gasteiger partial charge in [0.05, 0.1) is 5.71 Å². The molecule has 0 unspecified atom stereocenters. The van der Waals surface area contributed by atoms with E-state index >= 15 is 0 Å². The number of hydrogen-bond donors (Lipinski definition) is 2.